The van der Waals surface area contributed by atoms with Crippen molar-refractivity contribution in [1.82, 2.24) is 4.90 Å². The zero-order valence-electron chi connectivity index (χ0n) is 15.4. The van der Waals surface area contributed by atoms with Crippen molar-refractivity contribution >= 4 is 46.3 Å². The van der Waals surface area contributed by atoms with E-state index in [9.17, 15) is 9.59 Å². The van der Waals surface area contributed by atoms with E-state index in [4.69, 9.17) is 31.2 Å². The van der Waals surface area contributed by atoms with Gasteiger partial charge in [-0.2, -0.15) is 0 Å². The summed E-state index contributed by atoms with van der Waals surface area (Å²) >= 11 is 6.47. The largest absolute Gasteiger partial charge is 0.493 e. The molecule has 0 saturated carbocycles. The second kappa shape index (κ2) is 8.97. The molecule has 9 heteroatoms. The first-order chi connectivity index (χ1) is 13.9. The van der Waals surface area contributed by atoms with E-state index >= 15 is 0 Å². The first-order valence-corrected chi connectivity index (χ1v) is 9.64. The molecule has 1 amide bonds. The van der Waals surface area contributed by atoms with Crippen molar-refractivity contribution in [3.05, 3.63) is 65.0 Å². The summed E-state index contributed by atoms with van der Waals surface area (Å²) in [4.78, 5) is 25.3. The number of methoxy groups -OCH3 is 1. The van der Waals surface area contributed by atoms with Crippen LogP contribution in [0.5, 0.6) is 11.5 Å². The summed E-state index contributed by atoms with van der Waals surface area (Å²) in [6.45, 7) is 4.05. The number of carbonyl (C=O) groups is 2. The third-order valence-corrected chi connectivity index (χ3v) is 5.29. The third kappa shape index (κ3) is 4.69. The zero-order chi connectivity index (χ0) is 21.0. The summed E-state index contributed by atoms with van der Waals surface area (Å²) < 4.78 is 16.7. The smallest absolute Gasteiger partial charge is 0.371 e. The molecule has 0 aliphatic carbocycles. The van der Waals surface area contributed by atoms with Gasteiger partial charge in [0.1, 0.15) is 16.7 Å². The van der Waals surface area contributed by atoms with E-state index in [1.54, 1.807) is 30.4 Å². The molecule has 1 aliphatic heterocycles. The number of hydrogen-bond acceptors (Lipinski definition) is 7. The molecule has 1 N–H and O–H groups in total. The molecule has 2 aromatic rings. The molecule has 1 aromatic heterocycles. The lowest BCUT2D eigenvalue weighted by molar-refractivity contribution is -0.121. The van der Waals surface area contributed by atoms with Gasteiger partial charge >= 0.3 is 5.97 Å². The molecule has 0 atom stereocenters. The third-order valence-electron chi connectivity index (χ3n) is 3.91. The molecule has 0 unspecified atom stereocenters. The van der Waals surface area contributed by atoms with Crippen molar-refractivity contribution in [3.8, 4) is 11.5 Å². The lowest BCUT2D eigenvalue weighted by Gasteiger charge is -2.11. The Morgan fingerprint density at radius 2 is 2.14 bits per heavy atom. The van der Waals surface area contributed by atoms with E-state index in [0.717, 1.165) is 5.56 Å². The van der Waals surface area contributed by atoms with E-state index in [0.29, 0.717) is 33.0 Å². The number of carboxylic acid groups (broad SMARTS) is 1. The lowest BCUT2D eigenvalue weighted by atomic mass is 10.2. The van der Waals surface area contributed by atoms with Crippen LogP contribution in [0.15, 0.2) is 52.3 Å². The van der Waals surface area contributed by atoms with Gasteiger partial charge in [-0.1, -0.05) is 36.1 Å². The van der Waals surface area contributed by atoms with E-state index < -0.39 is 5.97 Å². The number of amides is 1. The van der Waals surface area contributed by atoms with Gasteiger partial charge in [0.05, 0.1) is 12.0 Å². The number of carboxylic acids is 1. The minimum atomic E-state index is -1.14. The lowest BCUT2D eigenvalue weighted by Crippen LogP contribution is -2.27. The fourth-order valence-electron chi connectivity index (χ4n) is 2.55. The Morgan fingerprint density at radius 1 is 1.34 bits per heavy atom. The highest BCUT2D eigenvalue weighted by Crippen LogP contribution is 2.35. The fraction of sp³-hybridized carbons (Fsp3) is 0.150. The van der Waals surface area contributed by atoms with Gasteiger partial charge in [-0.15, -0.1) is 6.58 Å². The van der Waals surface area contributed by atoms with Gasteiger partial charge in [0.25, 0.3) is 5.91 Å². The van der Waals surface area contributed by atoms with Crippen LogP contribution >= 0.6 is 24.0 Å². The Hall–Kier alpha value is -3.04. The van der Waals surface area contributed by atoms with Gasteiger partial charge < -0.3 is 19.0 Å². The molecule has 1 saturated heterocycles. The van der Waals surface area contributed by atoms with Gasteiger partial charge in [0.2, 0.25) is 5.76 Å². The number of rotatable bonds is 8. The van der Waals surface area contributed by atoms with E-state index in [1.165, 1.54) is 35.9 Å². The van der Waals surface area contributed by atoms with Crippen LogP contribution in [-0.2, 0) is 11.4 Å². The number of aromatic carboxylic acids is 1. The first kappa shape index (κ1) is 20.7. The average molecular weight is 431 g/mol. The second-order valence-corrected chi connectivity index (χ2v) is 7.53. The number of hydrogen-bond donors (Lipinski definition) is 1. The Labute approximate surface area is 176 Å². The number of thiocarbonyl (C=S) groups is 1. The van der Waals surface area contributed by atoms with Crippen LogP contribution < -0.4 is 9.47 Å². The van der Waals surface area contributed by atoms with Crippen molar-refractivity contribution in [2.24, 2.45) is 0 Å². The van der Waals surface area contributed by atoms with Gasteiger partial charge in [-0.3, -0.25) is 9.69 Å². The van der Waals surface area contributed by atoms with E-state index in [1.807, 2.05) is 0 Å². The molecular formula is C20H17NO6S2. The molecule has 0 bridgehead atoms. The molecule has 3 rings (SSSR count). The standard InChI is InChI=1S/C20H17NO6S2/c1-3-8-21-18(22)17(29-20(21)28)10-12-4-6-14(16(9-12)25-2)26-11-13-5-7-15(27-13)19(23)24/h3-7,9-10H,1,8,11H2,2H3,(H,23,24). The number of ether oxygens (including phenoxy) is 2. The topological polar surface area (TPSA) is 89.2 Å². The molecule has 2 heterocycles. The van der Waals surface area contributed by atoms with Gasteiger partial charge in [0.15, 0.2) is 11.5 Å². The highest BCUT2D eigenvalue weighted by Gasteiger charge is 2.31. The van der Waals surface area contributed by atoms with Crippen molar-refractivity contribution in [2.75, 3.05) is 13.7 Å². The quantitative estimate of drug-likeness (QED) is 0.382. The summed E-state index contributed by atoms with van der Waals surface area (Å²) in [6.07, 6.45) is 3.36. The van der Waals surface area contributed by atoms with Crippen LogP contribution in [0.1, 0.15) is 21.9 Å². The molecule has 29 heavy (non-hydrogen) atoms. The Morgan fingerprint density at radius 3 is 2.79 bits per heavy atom. The predicted molar refractivity (Wildman–Crippen MR) is 113 cm³/mol. The van der Waals surface area contributed by atoms with E-state index in [-0.39, 0.29) is 18.3 Å². The molecule has 1 fully saturated rings. The number of furan rings is 1. The molecule has 1 aromatic carbocycles. The zero-order valence-corrected chi connectivity index (χ0v) is 17.0. The molecule has 0 spiro atoms. The summed E-state index contributed by atoms with van der Waals surface area (Å²) in [7, 11) is 1.50. The number of thioether (sulfide) groups is 1. The highest BCUT2D eigenvalue weighted by molar-refractivity contribution is 8.26. The maximum absolute atomic E-state index is 12.4. The molecule has 7 nitrogen and oxygen atoms in total. The van der Waals surface area contributed by atoms with Gasteiger partial charge in [0, 0.05) is 6.54 Å². The minimum absolute atomic E-state index is 0.0448. The Bertz CT molecular complexity index is 1010. The van der Waals surface area contributed by atoms with Crippen LogP contribution in [-0.4, -0.2) is 39.9 Å². The first-order valence-electron chi connectivity index (χ1n) is 8.42. The number of benzene rings is 1. The Balaban J connectivity index is 1.74. The highest BCUT2D eigenvalue weighted by atomic mass is 32.2. The minimum Gasteiger partial charge on any atom is -0.493 e. The Kier molecular flexibility index (Phi) is 6.40. The monoisotopic (exact) mass is 431 g/mol. The maximum atomic E-state index is 12.4. The van der Waals surface area contributed by atoms with Crippen LogP contribution in [0.25, 0.3) is 6.08 Å². The SMILES string of the molecule is C=CCN1C(=O)C(=Cc2ccc(OCc3ccc(C(=O)O)o3)c(OC)c2)SC1=S. The maximum Gasteiger partial charge on any atom is 0.371 e. The van der Waals surface area contributed by atoms with Crippen molar-refractivity contribution in [3.63, 3.8) is 0 Å². The van der Waals surface area contributed by atoms with Crippen LogP contribution in [0.3, 0.4) is 0 Å². The van der Waals surface area contributed by atoms with Crippen molar-refractivity contribution < 1.29 is 28.6 Å². The summed E-state index contributed by atoms with van der Waals surface area (Å²) in [5.41, 5.74) is 0.750. The number of nitrogens with zero attached hydrogens (tertiary/aromatic N) is 1. The molecule has 150 valence electrons. The molecule has 1 aliphatic rings. The fourth-order valence-corrected chi connectivity index (χ4v) is 3.83. The molecule has 0 radical (unpaired) electrons. The molecular weight excluding hydrogens is 414 g/mol. The summed E-state index contributed by atoms with van der Waals surface area (Å²) in [5, 5.41) is 8.89. The van der Waals surface area contributed by atoms with Crippen molar-refractivity contribution in [1.29, 1.82) is 0 Å². The summed E-state index contributed by atoms with van der Waals surface area (Å²) in [5.74, 6) is -0.162. The van der Waals surface area contributed by atoms with E-state index in [2.05, 4.69) is 6.58 Å². The second-order valence-electron chi connectivity index (χ2n) is 5.85. The van der Waals surface area contributed by atoms with Gasteiger partial charge in [-0.25, -0.2) is 4.79 Å². The van der Waals surface area contributed by atoms with Crippen LogP contribution in [0.4, 0.5) is 0 Å². The van der Waals surface area contributed by atoms with Crippen molar-refractivity contribution in [2.45, 2.75) is 6.61 Å². The summed E-state index contributed by atoms with van der Waals surface area (Å²) in [6, 6.07) is 8.12. The van der Waals surface area contributed by atoms with Crippen LogP contribution in [0, 0.1) is 0 Å². The average Bonchev–Trinajstić information content (AvgIpc) is 3.28. The number of carbonyl (C=O) groups excluding carboxylic acids is 1. The predicted octanol–water partition coefficient (Wildman–Crippen LogP) is 3.95. The van der Waals surface area contributed by atoms with Gasteiger partial charge in [-0.05, 0) is 35.9 Å². The van der Waals surface area contributed by atoms with Crippen LogP contribution in [0.2, 0.25) is 0 Å². The normalized spacial score (nSPS) is 15.1.